The van der Waals surface area contributed by atoms with Crippen molar-refractivity contribution in [2.45, 2.75) is 63.6 Å². The summed E-state index contributed by atoms with van der Waals surface area (Å²) in [6, 6.07) is 6.52. The number of aromatic nitrogens is 1. The van der Waals surface area contributed by atoms with Gasteiger partial charge in [-0.3, -0.25) is 9.78 Å². The molecule has 4 heteroatoms. The Kier molecular flexibility index (Phi) is 4.54. The SMILES string of the molecule is NC1CCCCC1CC(=O)N(Cc1ccccn1)C1CC1. The number of rotatable bonds is 5. The molecule has 2 atom stereocenters. The average Bonchev–Trinajstić information content (AvgIpc) is 3.33. The molecule has 2 fully saturated rings. The molecule has 0 spiro atoms. The van der Waals surface area contributed by atoms with Crippen LogP contribution in [0.25, 0.3) is 0 Å². The van der Waals surface area contributed by atoms with Gasteiger partial charge in [0.25, 0.3) is 0 Å². The third-order valence-electron chi connectivity index (χ3n) is 4.77. The summed E-state index contributed by atoms with van der Waals surface area (Å²) in [5, 5.41) is 0. The molecule has 0 bridgehead atoms. The maximum Gasteiger partial charge on any atom is 0.223 e. The van der Waals surface area contributed by atoms with Gasteiger partial charge < -0.3 is 10.6 Å². The van der Waals surface area contributed by atoms with Crippen molar-refractivity contribution in [3.05, 3.63) is 30.1 Å². The Hall–Kier alpha value is -1.42. The molecule has 1 amide bonds. The normalized spacial score (nSPS) is 25.6. The smallest absolute Gasteiger partial charge is 0.223 e. The van der Waals surface area contributed by atoms with Gasteiger partial charge >= 0.3 is 0 Å². The molecule has 2 unspecified atom stereocenters. The number of hydrogen-bond donors (Lipinski definition) is 1. The van der Waals surface area contributed by atoms with Crippen molar-refractivity contribution in [1.29, 1.82) is 0 Å². The zero-order valence-electron chi connectivity index (χ0n) is 12.6. The van der Waals surface area contributed by atoms with Crippen molar-refractivity contribution in [1.82, 2.24) is 9.88 Å². The van der Waals surface area contributed by atoms with Gasteiger partial charge in [0.1, 0.15) is 0 Å². The number of nitrogens with zero attached hydrogens (tertiary/aromatic N) is 2. The van der Waals surface area contributed by atoms with Crippen LogP contribution in [0, 0.1) is 5.92 Å². The van der Waals surface area contributed by atoms with Crippen LogP contribution in [0.15, 0.2) is 24.4 Å². The van der Waals surface area contributed by atoms with Crippen LogP contribution in [-0.2, 0) is 11.3 Å². The number of pyridine rings is 1. The Bertz CT molecular complexity index is 472. The van der Waals surface area contributed by atoms with Gasteiger partial charge in [0, 0.05) is 24.7 Å². The lowest BCUT2D eigenvalue weighted by Crippen LogP contribution is -2.39. The predicted molar refractivity (Wildman–Crippen MR) is 82.4 cm³/mol. The van der Waals surface area contributed by atoms with Crippen molar-refractivity contribution in [3.8, 4) is 0 Å². The van der Waals surface area contributed by atoms with Gasteiger partial charge in [-0.15, -0.1) is 0 Å². The minimum Gasteiger partial charge on any atom is -0.334 e. The monoisotopic (exact) mass is 287 g/mol. The molecule has 1 heterocycles. The van der Waals surface area contributed by atoms with Crippen molar-refractivity contribution in [2.75, 3.05) is 0 Å². The molecular weight excluding hydrogens is 262 g/mol. The average molecular weight is 287 g/mol. The van der Waals surface area contributed by atoms with E-state index < -0.39 is 0 Å². The molecule has 0 saturated heterocycles. The quantitative estimate of drug-likeness (QED) is 0.905. The topological polar surface area (TPSA) is 59.2 Å². The second-order valence-corrected chi connectivity index (χ2v) is 6.49. The second kappa shape index (κ2) is 6.56. The van der Waals surface area contributed by atoms with Gasteiger partial charge in [0.15, 0.2) is 0 Å². The van der Waals surface area contributed by atoms with Crippen molar-refractivity contribution >= 4 is 5.91 Å². The standard InChI is InChI=1S/C17H25N3O/c18-16-7-2-1-5-13(16)11-17(21)20(15-8-9-15)12-14-6-3-4-10-19-14/h3-4,6,10,13,15-16H,1-2,5,7-9,11-12,18H2. The highest BCUT2D eigenvalue weighted by molar-refractivity contribution is 5.77. The lowest BCUT2D eigenvalue weighted by Gasteiger charge is -2.30. The summed E-state index contributed by atoms with van der Waals surface area (Å²) in [5.74, 6) is 0.640. The molecule has 2 aliphatic carbocycles. The van der Waals surface area contributed by atoms with E-state index in [1.54, 1.807) is 6.20 Å². The molecule has 0 aromatic carbocycles. The largest absolute Gasteiger partial charge is 0.334 e. The first-order chi connectivity index (χ1) is 10.2. The summed E-state index contributed by atoms with van der Waals surface area (Å²) in [6.45, 7) is 0.645. The van der Waals surface area contributed by atoms with E-state index in [0.29, 0.717) is 24.9 Å². The Balaban J connectivity index is 1.62. The van der Waals surface area contributed by atoms with Gasteiger partial charge in [0.05, 0.1) is 12.2 Å². The van der Waals surface area contributed by atoms with Crippen molar-refractivity contribution in [2.24, 2.45) is 11.7 Å². The first-order valence-electron chi connectivity index (χ1n) is 8.19. The van der Waals surface area contributed by atoms with Gasteiger partial charge in [-0.2, -0.15) is 0 Å². The zero-order valence-corrected chi connectivity index (χ0v) is 12.6. The molecule has 1 aromatic heterocycles. The molecule has 2 saturated carbocycles. The summed E-state index contributed by atoms with van der Waals surface area (Å²) in [5.41, 5.74) is 7.17. The minimum absolute atomic E-state index is 0.207. The van der Waals surface area contributed by atoms with Crippen LogP contribution in [0.1, 0.15) is 50.6 Å². The predicted octanol–water partition coefficient (Wildman–Crippen LogP) is 2.48. The van der Waals surface area contributed by atoms with Gasteiger partial charge in [-0.05, 0) is 43.7 Å². The van der Waals surface area contributed by atoms with Gasteiger partial charge in [0.2, 0.25) is 5.91 Å². The van der Waals surface area contributed by atoms with Gasteiger partial charge in [-0.1, -0.05) is 18.9 Å². The van der Waals surface area contributed by atoms with Crippen LogP contribution >= 0.6 is 0 Å². The maximum atomic E-state index is 12.7. The molecule has 2 aliphatic rings. The van der Waals surface area contributed by atoms with Crippen molar-refractivity contribution in [3.63, 3.8) is 0 Å². The molecule has 3 rings (SSSR count). The fraction of sp³-hybridized carbons (Fsp3) is 0.647. The minimum atomic E-state index is 0.207. The summed E-state index contributed by atoms with van der Waals surface area (Å²) in [4.78, 5) is 19.1. The van der Waals surface area contributed by atoms with E-state index in [0.717, 1.165) is 31.4 Å². The molecular formula is C17H25N3O. The molecule has 114 valence electrons. The van der Waals surface area contributed by atoms with Crippen LogP contribution < -0.4 is 5.73 Å². The Morgan fingerprint density at radius 2 is 2.05 bits per heavy atom. The highest BCUT2D eigenvalue weighted by Crippen LogP contribution is 2.31. The number of hydrogen-bond acceptors (Lipinski definition) is 3. The van der Waals surface area contributed by atoms with Crippen LogP contribution in [0.5, 0.6) is 0 Å². The van der Waals surface area contributed by atoms with Crippen LogP contribution in [0.4, 0.5) is 0 Å². The van der Waals surface area contributed by atoms with Crippen LogP contribution in [0.2, 0.25) is 0 Å². The second-order valence-electron chi connectivity index (χ2n) is 6.49. The number of carbonyl (C=O) groups excluding carboxylic acids is 1. The van der Waals surface area contributed by atoms with E-state index in [4.69, 9.17) is 5.73 Å². The van der Waals surface area contributed by atoms with E-state index >= 15 is 0 Å². The molecule has 1 aromatic rings. The molecule has 0 radical (unpaired) electrons. The van der Waals surface area contributed by atoms with E-state index in [2.05, 4.69) is 4.98 Å². The zero-order chi connectivity index (χ0) is 14.7. The highest BCUT2D eigenvalue weighted by atomic mass is 16.2. The number of nitrogens with two attached hydrogens (primary N) is 1. The maximum absolute atomic E-state index is 12.7. The lowest BCUT2D eigenvalue weighted by atomic mass is 9.82. The van der Waals surface area contributed by atoms with E-state index in [-0.39, 0.29) is 11.9 Å². The summed E-state index contributed by atoms with van der Waals surface area (Å²) >= 11 is 0. The van der Waals surface area contributed by atoms with E-state index in [1.165, 1.54) is 12.8 Å². The number of carbonyl (C=O) groups is 1. The van der Waals surface area contributed by atoms with E-state index in [1.807, 2.05) is 23.1 Å². The fourth-order valence-electron chi connectivity index (χ4n) is 3.30. The molecule has 2 N–H and O–H groups in total. The molecule has 4 nitrogen and oxygen atoms in total. The Morgan fingerprint density at radius 3 is 2.71 bits per heavy atom. The van der Waals surface area contributed by atoms with Crippen LogP contribution in [-0.4, -0.2) is 27.9 Å². The van der Waals surface area contributed by atoms with E-state index in [9.17, 15) is 4.79 Å². The van der Waals surface area contributed by atoms with Crippen LogP contribution in [0.3, 0.4) is 0 Å². The Labute approximate surface area is 126 Å². The highest BCUT2D eigenvalue weighted by Gasteiger charge is 2.34. The Morgan fingerprint density at radius 1 is 1.24 bits per heavy atom. The summed E-state index contributed by atoms with van der Waals surface area (Å²) in [7, 11) is 0. The van der Waals surface area contributed by atoms with Crippen molar-refractivity contribution < 1.29 is 4.79 Å². The third kappa shape index (κ3) is 3.82. The fourth-order valence-corrected chi connectivity index (χ4v) is 3.30. The number of amides is 1. The third-order valence-corrected chi connectivity index (χ3v) is 4.77. The molecule has 21 heavy (non-hydrogen) atoms. The van der Waals surface area contributed by atoms with Gasteiger partial charge in [-0.25, -0.2) is 0 Å². The summed E-state index contributed by atoms with van der Waals surface area (Å²) in [6.07, 6.45) is 9.29. The summed E-state index contributed by atoms with van der Waals surface area (Å²) < 4.78 is 0. The molecule has 0 aliphatic heterocycles. The first-order valence-corrected chi connectivity index (χ1v) is 8.19. The lowest BCUT2D eigenvalue weighted by molar-refractivity contribution is -0.133. The first kappa shape index (κ1) is 14.5.